The third kappa shape index (κ3) is 6.59. The molecule has 0 rings (SSSR count). The van der Waals surface area contributed by atoms with Gasteiger partial charge in [-0.05, 0) is 26.7 Å². The van der Waals surface area contributed by atoms with E-state index in [4.69, 9.17) is 20.3 Å². The lowest BCUT2D eigenvalue weighted by Gasteiger charge is -2.36. The van der Waals surface area contributed by atoms with Crippen molar-refractivity contribution < 1.29 is 53.6 Å². The zero-order valence-corrected chi connectivity index (χ0v) is 17.2. The predicted molar refractivity (Wildman–Crippen MR) is 98.1 cm³/mol. The Morgan fingerprint density at radius 1 is 1.00 bits per heavy atom. The zero-order valence-electron chi connectivity index (χ0n) is 17.2. The van der Waals surface area contributed by atoms with E-state index in [2.05, 4.69) is 0 Å². The van der Waals surface area contributed by atoms with E-state index in [1.165, 1.54) is 13.8 Å². The molecule has 0 aliphatic heterocycles. The van der Waals surface area contributed by atoms with Crippen LogP contribution in [-0.4, -0.2) is 74.1 Å². The van der Waals surface area contributed by atoms with Crippen molar-refractivity contribution in [1.29, 1.82) is 0 Å². The molecule has 0 fully saturated rings. The quantitative estimate of drug-likeness (QED) is 0.208. The number of nitrogens with two attached hydrogens (primary N) is 1. The van der Waals surface area contributed by atoms with Crippen LogP contribution < -0.4 is 5.73 Å². The summed E-state index contributed by atoms with van der Waals surface area (Å²) in [5.41, 5.74) is 0.862. The van der Waals surface area contributed by atoms with Crippen molar-refractivity contribution in [3.63, 3.8) is 0 Å². The van der Waals surface area contributed by atoms with Crippen LogP contribution in [0, 0.1) is 0 Å². The van der Waals surface area contributed by atoms with Crippen LogP contribution in [0.1, 0.15) is 53.4 Å². The summed E-state index contributed by atoms with van der Waals surface area (Å²) in [7, 11) is 0. The molecule has 0 radical (unpaired) electrons. The average molecular weight is 433 g/mol. The van der Waals surface area contributed by atoms with Crippen LogP contribution in [0.2, 0.25) is 0 Å². The van der Waals surface area contributed by atoms with Gasteiger partial charge in [-0.2, -0.15) is 0 Å². The summed E-state index contributed by atoms with van der Waals surface area (Å²) in [6, 6.07) is -1.95. The molecule has 0 saturated heterocycles. The number of ether oxygens (including phenoxy) is 2. The third-order valence-corrected chi connectivity index (χ3v) is 4.66. The maximum atomic E-state index is 12.4. The molecule has 0 amide bonds. The minimum Gasteiger partial charge on any atom is -0.481 e. The first-order valence-electron chi connectivity index (χ1n) is 9.06. The van der Waals surface area contributed by atoms with E-state index in [0.29, 0.717) is 0 Å². The van der Waals surface area contributed by atoms with Gasteiger partial charge in [0.25, 0.3) is 0 Å². The highest BCUT2D eigenvalue weighted by atomic mass is 16.6. The molecule has 0 heterocycles. The first-order chi connectivity index (χ1) is 13.7. The number of carboxylic acid groups (broad SMARTS) is 2. The van der Waals surface area contributed by atoms with Crippen molar-refractivity contribution in [2.24, 2.45) is 5.73 Å². The molecule has 5 N–H and O–H groups in total. The van der Waals surface area contributed by atoms with Crippen molar-refractivity contribution >= 4 is 35.4 Å². The Morgan fingerprint density at radius 2 is 1.53 bits per heavy atom. The van der Waals surface area contributed by atoms with Gasteiger partial charge in [0.05, 0.1) is 6.42 Å². The minimum absolute atomic E-state index is 0.219. The zero-order chi connectivity index (χ0) is 23.9. The molecule has 0 aromatic rings. The van der Waals surface area contributed by atoms with Gasteiger partial charge in [-0.3, -0.25) is 14.4 Å². The molecule has 12 heteroatoms. The van der Waals surface area contributed by atoms with E-state index in [-0.39, 0.29) is 12.8 Å². The number of carbonyl (C=O) groups excluding carboxylic acids is 4. The summed E-state index contributed by atoms with van der Waals surface area (Å²) < 4.78 is 9.87. The maximum absolute atomic E-state index is 12.4. The molecule has 0 spiro atoms. The first kappa shape index (κ1) is 27.1. The molecule has 4 atom stereocenters. The van der Waals surface area contributed by atoms with Gasteiger partial charge in [0.15, 0.2) is 23.2 Å². The van der Waals surface area contributed by atoms with Gasteiger partial charge < -0.3 is 30.5 Å². The Bertz CT molecular complexity index is 719. The summed E-state index contributed by atoms with van der Waals surface area (Å²) in [5, 5.41) is 28.2. The van der Waals surface area contributed by atoms with Crippen molar-refractivity contribution in [2.45, 2.75) is 76.7 Å². The Morgan fingerprint density at radius 3 is 1.90 bits per heavy atom. The van der Waals surface area contributed by atoms with E-state index in [9.17, 15) is 39.0 Å². The molecule has 0 aliphatic carbocycles. The SMILES string of the molecule is CCC(O)(C(C)=O)C(=O)OC(C)(CC)C(OC(=O)C(N)C(=O)CCC(=O)O)C(=O)O. The van der Waals surface area contributed by atoms with Crippen molar-refractivity contribution in [3.8, 4) is 0 Å². The number of aliphatic carboxylic acids is 2. The molecule has 0 aromatic carbocycles. The molecule has 0 saturated carbocycles. The molecule has 0 aromatic heterocycles. The van der Waals surface area contributed by atoms with Gasteiger partial charge in [0, 0.05) is 6.42 Å². The number of esters is 2. The van der Waals surface area contributed by atoms with Gasteiger partial charge in [-0.25, -0.2) is 14.4 Å². The Balaban J connectivity index is 5.62. The number of hydrogen-bond donors (Lipinski definition) is 4. The lowest BCUT2D eigenvalue weighted by molar-refractivity contribution is -0.205. The molecule has 0 aliphatic rings. The fourth-order valence-electron chi connectivity index (χ4n) is 2.29. The van der Waals surface area contributed by atoms with Gasteiger partial charge in [0.2, 0.25) is 11.7 Å². The fourth-order valence-corrected chi connectivity index (χ4v) is 2.29. The number of ketones is 2. The summed E-state index contributed by atoms with van der Waals surface area (Å²) in [5.74, 6) is -7.85. The topological polar surface area (TPSA) is 208 Å². The van der Waals surface area contributed by atoms with Crippen LogP contribution in [0.25, 0.3) is 0 Å². The van der Waals surface area contributed by atoms with Crippen LogP contribution in [0.5, 0.6) is 0 Å². The summed E-state index contributed by atoms with van der Waals surface area (Å²) in [4.78, 5) is 70.1. The second kappa shape index (κ2) is 10.8. The van der Waals surface area contributed by atoms with Crippen molar-refractivity contribution in [2.75, 3.05) is 0 Å². The van der Waals surface area contributed by atoms with Gasteiger partial charge in [0.1, 0.15) is 0 Å². The lowest BCUT2D eigenvalue weighted by Crippen LogP contribution is -2.56. The smallest absolute Gasteiger partial charge is 0.349 e. The number of rotatable bonds is 13. The molecule has 4 unspecified atom stereocenters. The second-order valence-corrected chi connectivity index (χ2v) is 6.82. The Hall–Kier alpha value is -2.86. The summed E-state index contributed by atoms with van der Waals surface area (Å²) >= 11 is 0. The number of aliphatic hydroxyl groups is 1. The lowest BCUT2D eigenvalue weighted by atomic mass is 9.92. The maximum Gasteiger partial charge on any atom is 0.349 e. The fraction of sp³-hybridized carbons (Fsp3) is 0.667. The number of carbonyl (C=O) groups is 6. The Kier molecular flexibility index (Phi) is 9.76. The van der Waals surface area contributed by atoms with Crippen molar-refractivity contribution in [1.82, 2.24) is 0 Å². The van der Waals surface area contributed by atoms with E-state index in [1.807, 2.05) is 0 Å². The number of Topliss-reactive ketones (excluding diaryl/α,β-unsaturated/α-hetero) is 2. The molecule has 170 valence electrons. The molecule has 0 bridgehead atoms. The molecule has 12 nitrogen and oxygen atoms in total. The van der Waals surface area contributed by atoms with Gasteiger partial charge >= 0.3 is 23.9 Å². The highest BCUT2D eigenvalue weighted by molar-refractivity contribution is 6.06. The normalized spacial score (nSPS) is 16.9. The van der Waals surface area contributed by atoms with Crippen LogP contribution in [0.4, 0.5) is 0 Å². The van der Waals surface area contributed by atoms with Crippen molar-refractivity contribution in [3.05, 3.63) is 0 Å². The molecular weight excluding hydrogens is 406 g/mol. The van der Waals surface area contributed by atoms with Gasteiger partial charge in [-0.15, -0.1) is 0 Å². The Labute approximate surface area is 172 Å². The standard InChI is InChI=1S/C18H27NO11/c1-5-17(4,30-16(27)18(28,6-2)9(3)20)13(14(24)25)29-15(26)12(19)10(21)7-8-11(22)23/h12-13,28H,5-8,19H2,1-4H3,(H,22,23)(H,24,25). The van der Waals surface area contributed by atoms with Crippen LogP contribution in [0.15, 0.2) is 0 Å². The van der Waals surface area contributed by atoms with E-state index < -0.39 is 71.6 Å². The van der Waals surface area contributed by atoms with E-state index in [1.54, 1.807) is 0 Å². The summed E-state index contributed by atoms with van der Waals surface area (Å²) in [6.07, 6.45) is -3.87. The summed E-state index contributed by atoms with van der Waals surface area (Å²) in [6.45, 7) is 4.78. The third-order valence-electron chi connectivity index (χ3n) is 4.66. The number of carboxylic acids is 2. The van der Waals surface area contributed by atoms with Crippen LogP contribution in [-0.2, 0) is 38.2 Å². The average Bonchev–Trinajstić information content (AvgIpc) is 2.67. The highest BCUT2D eigenvalue weighted by Gasteiger charge is 2.50. The van der Waals surface area contributed by atoms with E-state index in [0.717, 1.165) is 13.8 Å². The molecular formula is C18H27NO11. The van der Waals surface area contributed by atoms with E-state index >= 15 is 0 Å². The van der Waals surface area contributed by atoms with Gasteiger partial charge in [-0.1, -0.05) is 13.8 Å². The minimum atomic E-state index is -2.52. The predicted octanol–water partition coefficient (Wildman–Crippen LogP) is -0.814. The second-order valence-electron chi connectivity index (χ2n) is 6.82. The number of hydrogen-bond acceptors (Lipinski definition) is 10. The highest BCUT2D eigenvalue weighted by Crippen LogP contribution is 2.27. The van der Waals surface area contributed by atoms with Crippen LogP contribution in [0.3, 0.4) is 0 Å². The monoisotopic (exact) mass is 433 g/mol. The van der Waals surface area contributed by atoms with Crippen LogP contribution >= 0.6 is 0 Å². The molecule has 30 heavy (non-hydrogen) atoms. The largest absolute Gasteiger partial charge is 0.481 e. The first-order valence-corrected chi connectivity index (χ1v) is 9.06.